The SMILES string of the molecule is CNc1nn(-c2cccc(C)c2C)nc1C(=O)O. The third kappa shape index (κ3) is 1.92. The molecule has 0 saturated carbocycles. The number of carbonyl (C=O) groups is 1. The van der Waals surface area contributed by atoms with Crippen LogP contribution in [0.5, 0.6) is 0 Å². The van der Waals surface area contributed by atoms with Gasteiger partial charge in [-0.2, -0.15) is 0 Å². The van der Waals surface area contributed by atoms with Gasteiger partial charge in [0.15, 0.2) is 5.82 Å². The molecule has 2 N–H and O–H groups in total. The summed E-state index contributed by atoms with van der Waals surface area (Å²) in [7, 11) is 1.61. The summed E-state index contributed by atoms with van der Waals surface area (Å²) in [4.78, 5) is 12.4. The molecule has 0 fully saturated rings. The molecule has 0 saturated heterocycles. The molecule has 94 valence electrons. The highest BCUT2D eigenvalue weighted by Gasteiger charge is 2.18. The summed E-state index contributed by atoms with van der Waals surface area (Å²) in [5, 5.41) is 19.9. The third-order valence-electron chi connectivity index (χ3n) is 2.84. The molecule has 2 aromatic rings. The van der Waals surface area contributed by atoms with Crippen molar-refractivity contribution in [1.29, 1.82) is 0 Å². The van der Waals surface area contributed by atoms with Crippen molar-refractivity contribution in [2.24, 2.45) is 0 Å². The van der Waals surface area contributed by atoms with Crippen LogP contribution < -0.4 is 5.32 Å². The van der Waals surface area contributed by atoms with E-state index >= 15 is 0 Å². The molecule has 6 nitrogen and oxygen atoms in total. The molecule has 0 unspecified atom stereocenters. The van der Waals surface area contributed by atoms with Crippen LogP contribution in [-0.2, 0) is 0 Å². The van der Waals surface area contributed by atoms with E-state index in [0.717, 1.165) is 16.8 Å². The van der Waals surface area contributed by atoms with Gasteiger partial charge in [0.25, 0.3) is 0 Å². The molecule has 0 aliphatic rings. The van der Waals surface area contributed by atoms with Crippen molar-refractivity contribution in [2.45, 2.75) is 13.8 Å². The van der Waals surface area contributed by atoms with E-state index in [-0.39, 0.29) is 11.5 Å². The first-order valence-electron chi connectivity index (χ1n) is 5.49. The minimum atomic E-state index is -1.10. The van der Waals surface area contributed by atoms with Gasteiger partial charge < -0.3 is 10.4 Å². The van der Waals surface area contributed by atoms with E-state index in [1.165, 1.54) is 4.80 Å². The third-order valence-corrected chi connectivity index (χ3v) is 2.84. The first kappa shape index (κ1) is 12.1. The number of hydrogen-bond donors (Lipinski definition) is 2. The van der Waals surface area contributed by atoms with Crippen molar-refractivity contribution >= 4 is 11.8 Å². The lowest BCUT2D eigenvalue weighted by Crippen LogP contribution is -2.04. The van der Waals surface area contributed by atoms with Crippen LogP contribution in [0.2, 0.25) is 0 Å². The Kier molecular flexibility index (Phi) is 3.01. The molecule has 0 aliphatic heterocycles. The summed E-state index contributed by atoms with van der Waals surface area (Å²) in [5.41, 5.74) is 2.82. The summed E-state index contributed by atoms with van der Waals surface area (Å²) in [5.74, 6) is -0.848. The molecule has 18 heavy (non-hydrogen) atoms. The van der Waals surface area contributed by atoms with Gasteiger partial charge in [0.1, 0.15) is 0 Å². The number of anilines is 1. The smallest absolute Gasteiger partial charge is 0.360 e. The molecule has 0 aliphatic carbocycles. The average molecular weight is 246 g/mol. The van der Waals surface area contributed by atoms with Crippen LogP contribution in [0.1, 0.15) is 21.6 Å². The lowest BCUT2D eigenvalue weighted by molar-refractivity contribution is 0.0691. The predicted octanol–water partition coefficient (Wildman–Crippen LogP) is 1.62. The Morgan fingerprint density at radius 3 is 2.61 bits per heavy atom. The van der Waals surface area contributed by atoms with E-state index < -0.39 is 5.97 Å². The number of aromatic nitrogens is 3. The Balaban J connectivity index is 2.58. The predicted molar refractivity (Wildman–Crippen MR) is 67.3 cm³/mol. The van der Waals surface area contributed by atoms with Crippen LogP contribution in [0, 0.1) is 13.8 Å². The fourth-order valence-electron chi connectivity index (χ4n) is 1.68. The van der Waals surface area contributed by atoms with Gasteiger partial charge in [0.2, 0.25) is 5.69 Å². The molecule has 1 aromatic heterocycles. The average Bonchev–Trinajstić information content (AvgIpc) is 2.76. The zero-order chi connectivity index (χ0) is 13.3. The molecule has 0 atom stereocenters. The van der Waals surface area contributed by atoms with Crippen molar-refractivity contribution in [3.63, 3.8) is 0 Å². The van der Waals surface area contributed by atoms with Crippen LogP contribution >= 0.6 is 0 Å². The maximum absolute atomic E-state index is 11.0. The van der Waals surface area contributed by atoms with Gasteiger partial charge in [0, 0.05) is 7.05 Å². The molecular weight excluding hydrogens is 232 g/mol. The number of aromatic carboxylic acids is 1. The van der Waals surface area contributed by atoms with E-state index in [2.05, 4.69) is 15.5 Å². The number of hydrogen-bond acceptors (Lipinski definition) is 4. The number of carboxylic acids is 1. The van der Waals surface area contributed by atoms with Crippen molar-refractivity contribution < 1.29 is 9.90 Å². The van der Waals surface area contributed by atoms with Crippen molar-refractivity contribution in [2.75, 3.05) is 12.4 Å². The van der Waals surface area contributed by atoms with Crippen LogP contribution in [-0.4, -0.2) is 33.1 Å². The zero-order valence-corrected chi connectivity index (χ0v) is 10.4. The lowest BCUT2D eigenvalue weighted by Gasteiger charge is -2.06. The monoisotopic (exact) mass is 246 g/mol. The minimum absolute atomic E-state index is 0.0848. The number of benzene rings is 1. The first-order valence-corrected chi connectivity index (χ1v) is 5.49. The second-order valence-corrected chi connectivity index (χ2v) is 3.96. The normalized spacial score (nSPS) is 10.4. The Morgan fingerprint density at radius 2 is 2.06 bits per heavy atom. The van der Waals surface area contributed by atoms with Crippen LogP contribution in [0.25, 0.3) is 5.69 Å². The van der Waals surface area contributed by atoms with Gasteiger partial charge in [-0.15, -0.1) is 15.0 Å². The fraction of sp³-hybridized carbons (Fsp3) is 0.250. The molecule has 0 bridgehead atoms. The Hall–Kier alpha value is -2.37. The van der Waals surface area contributed by atoms with Gasteiger partial charge in [-0.25, -0.2) is 4.79 Å². The Labute approximate surface area is 104 Å². The summed E-state index contributed by atoms with van der Waals surface area (Å²) in [6.45, 7) is 3.94. The second kappa shape index (κ2) is 4.48. The second-order valence-electron chi connectivity index (χ2n) is 3.96. The largest absolute Gasteiger partial charge is 0.476 e. The number of aryl methyl sites for hydroxylation is 1. The lowest BCUT2D eigenvalue weighted by atomic mass is 10.1. The molecule has 6 heteroatoms. The Bertz CT molecular complexity index is 604. The fourth-order valence-corrected chi connectivity index (χ4v) is 1.68. The van der Waals surface area contributed by atoms with Crippen molar-refractivity contribution in [3.8, 4) is 5.69 Å². The van der Waals surface area contributed by atoms with E-state index in [1.54, 1.807) is 7.05 Å². The molecule has 2 rings (SSSR count). The molecule has 0 radical (unpaired) electrons. The highest BCUT2D eigenvalue weighted by Crippen LogP contribution is 2.18. The molecule has 0 spiro atoms. The van der Waals surface area contributed by atoms with Crippen LogP contribution in [0.15, 0.2) is 18.2 Å². The highest BCUT2D eigenvalue weighted by molar-refractivity contribution is 5.90. The van der Waals surface area contributed by atoms with Gasteiger partial charge in [-0.05, 0) is 31.0 Å². The van der Waals surface area contributed by atoms with E-state index in [4.69, 9.17) is 5.11 Å². The quantitative estimate of drug-likeness (QED) is 0.860. The van der Waals surface area contributed by atoms with E-state index in [0.29, 0.717) is 0 Å². The maximum atomic E-state index is 11.0. The molecule has 1 aromatic carbocycles. The van der Waals surface area contributed by atoms with Gasteiger partial charge in [0.05, 0.1) is 5.69 Å². The standard InChI is InChI=1S/C12H14N4O2/c1-7-5-4-6-9(8(7)2)16-14-10(12(17)18)11(13-3)15-16/h4-6H,1-3H3,(H,13,15)(H,17,18). The van der Waals surface area contributed by atoms with Gasteiger partial charge in [-0.3, -0.25) is 0 Å². The summed E-state index contributed by atoms with van der Waals surface area (Å²) < 4.78 is 0. The van der Waals surface area contributed by atoms with Crippen LogP contribution in [0.3, 0.4) is 0 Å². The number of carboxylic acid groups (broad SMARTS) is 1. The molecular formula is C12H14N4O2. The van der Waals surface area contributed by atoms with Gasteiger partial charge >= 0.3 is 5.97 Å². The topological polar surface area (TPSA) is 80.0 Å². The summed E-state index contributed by atoms with van der Waals surface area (Å²) >= 11 is 0. The van der Waals surface area contributed by atoms with E-state index in [9.17, 15) is 4.79 Å². The number of nitrogens with zero attached hydrogens (tertiary/aromatic N) is 3. The summed E-state index contributed by atoms with van der Waals surface area (Å²) in [6.07, 6.45) is 0. The van der Waals surface area contributed by atoms with Crippen molar-refractivity contribution in [3.05, 3.63) is 35.0 Å². The highest BCUT2D eigenvalue weighted by atomic mass is 16.4. The van der Waals surface area contributed by atoms with E-state index in [1.807, 2.05) is 32.0 Å². The first-order chi connectivity index (χ1) is 8.54. The maximum Gasteiger partial charge on any atom is 0.360 e. The Morgan fingerprint density at radius 1 is 1.33 bits per heavy atom. The number of rotatable bonds is 3. The van der Waals surface area contributed by atoms with Crippen LogP contribution in [0.4, 0.5) is 5.82 Å². The minimum Gasteiger partial charge on any atom is -0.476 e. The zero-order valence-electron chi connectivity index (χ0n) is 10.4. The van der Waals surface area contributed by atoms with Gasteiger partial charge in [-0.1, -0.05) is 12.1 Å². The summed E-state index contributed by atoms with van der Waals surface area (Å²) in [6, 6.07) is 5.73. The molecule has 0 amide bonds. The van der Waals surface area contributed by atoms with Crippen molar-refractivity contribution in [1.82, 2.24) is 15.0 Å². The molecule has 1 heterocycles. The number of nitrogens with one attached hydrogen (secondary N) is 1.